The summed E-state index contributed by atoms with van der Waals surface area (Å²) in [5.41, 5.74) is 4.05. The molecule has 6 nitrogen and oxygen atoms in total. The van der Waals surface area contributed by atoms with Crippen molar-refractivity contribution in [2.75, 3.05) is 10.8 Å². The maximum Gasteiger partial charge on any atom is 0.264 e. The number of sulfonamides is 1. The molecule has 1 N–H and O–H groups in total. The van der Waals surface area contributed by atoms with E-state index in [4.69, 9.17) is 23.2 Å². The van der Waals surface area contributed by atoms with E-state index in [-0.39, 0.29) is 15.6 Å². The number of carbonyl (C=O) groups is 1. The standard InChI is InChI=1S/C22H19Cl2N3O3S/c1-16-10-12-18(13-11-16)31(29,30)27(21-9-5-4-8-20(21)24)15-22(28)26-25-14-17-6-2-3-7-19(17)23/h2-14H,15H2,1H3,(H,26,28)/b25-14-. The van der Waals surface area contributed by atoms with Crippen LogP contribution >= 0.6 is 23.2 Å². The van der Waals surface area contributed by atoms with Gasteiger partial charge in [-0.1, -0.05) is 71.2 Å². The second-order valence-corrected chi connectivity index (χ2v) is 9.27. The number of para-hydroxylation sites is 1. The Labute approximate surface area is 191 Å². The van der Waals surface area contributed by atoms with E-state index in [0.29, 0.717) is 10.6 Å². The van der Waals surface area contributed by atoms with Gasteiger partial charge in [0.2, 0.25) is 0 Å². The van der Waals surface area contributed by atoms with Crippen LogP contribution in [0, 0.1) is 6.92 Å². The summed E-state index contributed by atoms with van der Waals surface area (Å²) in [5, 5.41) is 4.55. The molecule has 0 heterocycles. The number of rotatable bonds is 7. The Kier molecular flexibility index (Phi) is 7.33. The minimum absolute atomic E-state index is 0.0467. The number of nitrogens with one attached hydrogen (secondary N) is 1. The third kappa shape index (κ3) is 5.64. The summed E-state index contributed by atoms with van der Waals surface area (Å²) >= 11 is 12.3. The lowest BCUT2D eigenvalue weighted by molar-refractivity contribution is -0.119. The number of hydrogen-bond acceptors (Lipinski definition) is 4. The SMILES string of the molecule is Cc1ccc(S(=O)(=O)N(CC(=O)N/N=C\c2ccccc2Cl)c2ccccc2Cl)cc1. The van der Waals surface area contributed by atoms with E-state index in [1.165, 1.54) is 24.4 Å². The first-order valence-corrected chi connectivity index (χ1v) is 11.4. The van der Waals surface area contributed by atoms with Gasteiger partial charge in [-0.15, -0.1) is 0 Å². The number of amides is 1. The first kappa shape index (κ1) is 22.8. The van der Waals surface area contributed by atoms with Gasteiger partial charge in [0.15, 0.2) is 0 Å². The van der Waals surface area contributed by atoms with E-state index in [1.807, 2.05) is 6.92 Å². The molecule has 0 aliphatic carbocycles. The fourth-order valence-electron chi connectivity index (χ4n) is 2.71. The highest BCUT2D eigenvalue weighted by atomic mass is 35.5. The molecule has 0 aromatic heterocycles. The number of nitrogens with zero attached hydrogens (tertiary/aromatic N) is 2. The summed E-state index contributed by atoms with van der Waals surface area (Å²) < 4.78 is 27.6. The molecule has 0 spiro atoms. The Morgan fingerprint density at radius 3 is 2.23 bits per heavy atom. The second kappa shape index (κ2) is 9.96. The molecular formula is C22H19Cl2N3O3S. The fourth-order valence-corrected chi connectivity index (χ4v) is 4.62. The van der Waals surface area contributed by atoms with Crippen molar-refractivity contribution in [3.63, 3.8) is 0 Å². The number of hydrazone groups is 1. The molecule has 0 aliphatic heterocycles. The van der Waals surface area contributed by atoms with Crippen molar-refractivity contribution < 1.29 is 13.2 Å². The van der Waals surface area contributed by atoms with Gasteiger partial charge in [0.05, 0.1) is 21.8 Å². The van der Waals surface area contributed by atoms with Crippen LogP contribution in [0.15, 0.2) is 82.8 Å². The largest absolute Gasteiger partial charge is 0.271 e. The summed E-state index contributed by atoms with van der Waals surface area (Å²) in [4.78, 5) is 12.6. The van der Waals surface area contributed by atoms with Crippen LogP contribution in [-0.2, 0) is 14.8 Å². The molecule has 0 bridgehead atoms. The third-order valence-corrected chi connectivity index (χ3v) is 6.75. The van der Waals surface area contributed by atoms with Gasteiger partial charge in [0.25, 0.3) is 15.9 Å². The van der Waals surface area contributed by atoms with Gasteiger partial charge >= 0.3 is 0 Å². The van der Waals surface area contributed by atoms with E-state index in [0.717, 1.165) is 9.87 Å². The van der Waals surface area contributed by atoms with E-state index in [9.17, 15) is 13.2 Å². The molecule has 0 saturated heterocycles. The van der Waals surface area contributed by atoms with E-state index >= 15 is 0 Å². The van der Waals surface area contributed by atoms with Crippen LogP contribution in [0.5, 0.6) is 0 Å². The molecule has 31 heavy (non-hydrogen) atoms. The van der Waals surface area contributed by atoms with Crippen LogP contribution in [0.4, 0.5) is 5.69 Å². The number of anilines is 1. The maximum absolute atomic E-state index is 13.3. The molecule has 0 radical (unpaired) electrons. The van der Waals surface area contributed by atoms with Crippen molar-refractivity contribution in [3.05, 3.63) is 94.0 Å². The van der Waals surface area contributed by atoms with E-state index in [2.05, 4.69) is 10.5 Å². The summed E-state index contributed by atoms with van der Waals surface area (Å²) in [6.07, 6.45) is 1.38. The van der Waals surface area contributed by atoms with E-state index < -0.39 is 22.5 Å². The van der Waals surface area contributed by atoms with Crippen LogP contribution < -0.4 is 9.73 Å². The molecular weight excluding hydrogens is 457 g/mol. The topological polar surface area (TPSA) is 78.8 Å². The maximum atomic E-state index is 13.3. The van der Waals surface area contributed by atoms with Crippen LogP contribution in [-0.4, -0.2) is 27.1 Å². The summed E-state index contributed by atoms with van der Waals surface area (Å²) in [7, 11) is -4.06. The predicted molar refractivity (Wildman–Crippen MR) is 124 cm³/mol. The Bertz CT molecular complexity index is 1210. The molecule has 0 saturated carbocycles. The second-order valence-electron chi connectivity index (χ2n) is 6.59. The van der Waals surface area contributed by atoms with Crippen molar-refractivity contribution in [3.8, 4) is 0 Å². The summed E-state index contributed by atoms with van der Waals surface area (Å²) in [6, 6.07) is 19.7. The van der Waals surface area contributed by atoms with Gasteiger partial charge < -0.3 is 0 Å². The van der Waals surface area contributed by atoms with Gasteiger partial charge in [-0.3, -0.25) is 9.10 Å². The van der Waals surface area contributed by atoms with Crippen molar-refractivity contribution in [2.45, 2.75) is 11.8 Å². The lowest BCUT2D eigenvalue weighted by atomic mass is 10.2. The number of hydrogen-bond donors (Lipinski definition) is 1. The quantitative estimate of drug-likeness (QED) is 0.399. The Balaban J connectivity index is 1.87. The van der Waals surface area contributed by atoms with Crippen LogP contribution in [0.25, 0.3) is 0 Å². The summed E-state index contributed by atoms with van der Waals surface area (Å²) in [5.74, 6) is -0.640. The number of carbonyl (C=O) groups excluding carboxylic acids is 1. The molecule has 0 fully saturated rings. The van der Waals surface area contributed by atoms with Crippen molar-refractivity contribution in [1.29, 1.82) is 0 Å². The molecule has 3 aromatic carbocycles. The molecule has 9 heteroatoms. The van der Waals surface area contributed by atoms with Gasteiger partial charge in [0, 0.05) is 10.6 Å². The normalized spacial score (nSPS) is 11.5. The Morgan fingerprint density at radius 2 is 1.58 bits per heavy atom. The van der Waals surface area contributed by atoms with Crippen molar-refractivity contribution >= 4 is 51.0 Å². The minimum Gasteiger partial charge on any atom is -0.271 e. The first-order chi connectivity index (χ1) is 14.8. The average molecular weight is 476 g/mol. The molecule has 0 unspecified atom stereocenters. The molecule has 3 rings (SSSR count). The lowest BCUT2D eigenvalue weighted by Gasteiger charge is -2.24. The van der Waals surface area contributed by atoms with Gasteiger partial charge in [-0.25, -0.2) is 13.8 Å². The zero-order valence-electron chi connectivity index (χ0n) is 16.5. The van der Waals surface area contributed by atoms with Gasteiger partial charge in [0.1, 0.15) is 6.54 Å². The zero-order valence-corrected chi connectivity index (χ0v) is 18.8. The highest BCUT2D eigenvalue weighted by Gasteiger charge is 2.28. The third-order valence-electron chi connectivity index (χ3n) is 4.32. The van der Waals surface area contributed by atoms with Crippen LogP contribution in [0.2, 0.25) is 10.0 Å². The highest BCUT2D eigenvalue weighted by Crippen LogP contribution is 2.30. The van der Waals surface area contributed by atoms with Crippen LogP contribution in [0.3, 0.4) is 0 Å². The smallest absolute Gasteiger partial charge is 0.264 e. The number of aryl methyl sites for hydroxylation is 1. The Morgan fingerprint density at radius 1 is 0.968 bits per heavy atom. The molecule has 1 amide bonds. The minimum atomic E-state index is -4.06. The Hall–Kier alpha value is -2.87. The molecule has 0 atom stereocenters. The lowest BCUT2D eigenvalue weighted by Crippen LogP contribution is -2.39. The summed E-state index contributed by atoms with van der Waals surface area (Å²) in [6.45, 7) is 1.34. The monoisotopic (exact) mass is 475 g/mol. The zero-order chi connectivity index (χ0) is 22.4. The van der Waals surface area contributed by atoms with Crippen molar-refractivity contribution in [1.82, 2.24) is 5.43 Å². The van der Waals surface area contributed by atoms with Gasteiger partial charge in [-0.2, -0.15) is 5.10 Å². The molecule has 160 valence electrons. The molecule has 3 aromatic rings. The average Bonchev–Trinajstić information content (AvgIpc) is 2.74. The number of halogens is 2. The number of benzene rings is 3. The highest BCUT2D eigenvalue weighted by molar-refractivity contribution is 7.92. The van der Waals surface area contributed by atoms with Crippen molar-refractivity contribution in [2.24, 2.45) is 5.10 Å². The predicted octanol–water partition coefficient (Wildman–Crippen LogP) is 4.65. The first-order valence-electron chi connectivity index (χ1n) is 9.19. The van der Waals surface area contributed by atoms with E-state index in [1.54, 1.807) is 54.6 Å². The molecule has 0 aliphatic rings. The van der Waals surface area contributed by atoms with Gasteiger partial charge in [-0.05, 0) is 37.3 Å². The van der Waals surface area contributed by atoms with Crippen LogP contribution in [0.1, 0.15) is 11.1 Å². The fraction of sp³-hybridized carbons (Fsp3) is 0.0909.